The summed E-state index contributed by atoms with van der Waals surface area (Å²) in [5.41, 5.74) is 1.50. The lowest BCUT2D eigenvalue weighted by molar-refractivity contribution is -0.115. The molecule has 0 aliphatic carbocycles. The van der Waals surface area contributed by atoms with E-state index in [9.17, 15) is 4.79 Å². The van der Waals surface area contributed by atoms with Gasteiger partial charge in [-0.2, -0.15) is 5.26 Å². The van der Waals surface area contributed by atoms with Crippen LogP contribution < -0.4 is 4.90 Å². The molecule has 4 nitrogen and oxygen atoms in total. The molecular formula is C12H14N2O2. The topological polar surface area (TPSA) is 64.3 Å². The van der Waals surface area contributed by atoms with Gasteiger partial charge in [0.15, 0.2) is 6.19 Å². The summed E-state index contributed by atoms with van der Waals surface area (Å²) in [4.78, 5) is 12.3. The molecule has 0 aliphatic heterocycles. The van der Waals surface area contributed by atoms with Gasteiger partial charge in [-0.25, -0.2) is 4.90 Å². The summed E-state index contributed by atoms with van der Waals surface area (Å²) in [5, 5.41) is 17.7. The minimum absolute atomic E-state index is 0.0982. The van der Waals surface area contributed by atoms with Crippen molar-refractivity contribution in [2.45, 2.75) is 19.8 Å². The summed E-state index contributed by atoms with van der Waals surface area (Å²) in [6.45, 7) is 1.45. The van der Waals surface area contributed by atoms with Crippen molar-refractivity contribution in [3.63, 3.8) is 0 Å². The molecule has 16 heavy (non-hydrogen) atoms. The molecule has 0 radical (unpaired) electrons. The molecule has 1 amide bonds. The zero-order chi connectivity index (χ0) is 12.0. The van der Waals surface area contributed by atoms with Crippen LogP contribution in [0.3, 0.4) is 0 Å². The van der Waals surface area contributed by atoms with Crippen LogP contribution in [0.4, 0.5) is 5.69 Å². The quantitative estimate of drug-likeness (QED) is 0.614. The number of carbonyl (C=O) groups is 1. The van der Waals surface area contributed by atoms with Crippen molar-refractivity contribution >= 4 is 11.6 Å². The summed E-state index contributed by atoms with van der Waals surface area (Å²) < 4.78 is 0. The van der Waals surface area contributed by atoms with Gasteiger partial charge in [-0.1, -0.05) is 18.2 Å². The second kappa shape index (κ2) is 5.89. The van der Waals surface area contributed by atoms with E-state index in [1.807, 2.05) is 18.3 Å². The van der Waals surface area contributed by atoms with Crippen molar-refractivity contribution < 1.29 is 9.90 Å². The zero-order valence-corrected chi connectivity index (χ0v) is 9.18. The van der Waals surface area contributed by atoms with Crippen LogP contribution in [0, 0.1) is 11.5 Å². The first-order chi connectivity index (χ1) is 7.70. The van der Waals surface area contributed by atoms with Gasteiger partial charge in [0, 0.05) is 13.5 Å². The van der Waals surface area contributed by atoms with E-state index >= 15 is 0 Å². The highest BCUT2D eigenvalue weighted by molar-refractivity contribution is 5.94. The Morgan fingerprint density at radius 2 is 2.19 bits per heavy atom. The van der Waals surface area contributed by atoms with Crippen LogP contribution in [0.1, 0.15) is 18.9 Å². The fourth-order valence-electron chi connectivity index (χ4n) is 1.50. The number of rotatable bonds is 4. The maximum atomic E-state index is 11.3. The van der Waals surface area contributed by atoms with Crippen molar-refractivity contribution in [3.05, 3.63) is 29.8 Å². The summed E-state index contributed by atoms with van der Waals surface area (Å²) >= 11 is 0. The van der Waals surface area contributed by atoms with Crippen molar-refractivity contribution in [1.29, 1.82) is 5.26 Å². The molecule has 0 saturated carbocycles. The van der Waals surface area contributed by atoms with Gasteiger partial charge in [0.25, 0.3) is 0 Å². The van der Waals surface area contributed by atoms with Crippen LogP contribution in [0.15, 0.2) is 24.3 Å². The molecule has 0 atom stereocenters. The number of hydrogen-bond donors (Lipinski definition) is 1. The molecule has 0 heterocycles. The van der Waals surface area contributed by atoms with Crippen LogP contribution in [-0.4, -0.2) is 17.6 Å². The Balaban J connectivity index is 3.02. The van der Waals surface area contributed by atoms with Gasteiger partial charge in [0.2, 0.25) is 5.91 Å². The molecule has 0 fully saturated rings. The van der Waals surface area contributed by atoms with Crippen molar-refractivity contribution in [1.82, 2.24) is 0 Å². The predicted octanol–water partition coefficient (Wildman–Crippen LogP) is 1.45. The predicted molar refractivity (Wildman–Crippen MR) is 60.6 cm³/mol. The first kappa shape index (κ1) is 12.2. The Bertz CT molecular complexity index is 410. The second-order valence-electron chi connectivity index (χ2n) is 3.41. The molecule has 0 saturated heterocycles. The summed E-state index contributed by atoms with van der Waals surface area (Å²) in [6, 6.07) is 7.23. The highest BCUT2D eigenvalue weighted by atomic mass is 16.2. The zero-order valence-electron chi connectivity index (χ0n) is 9.18. The van der Waals surface area contributed by atoms with Gasteiger partial charge in [0.05, 0.1) is 5.69 Å². The minimum Gasteiger partial charge on any atom is -0.396 e. The van der Waals surface area contributed by atoms with Crippen LogP contribution in [-0.2, 0) is 11.2 Å². The fraction of sp³-hybridized carbons (Fsp3) is 0.333. The van der Waals surface area contributed by atoms with E-state index in [-0.39, 0.29) is 12.5 Å². The lowest BCUT2D eigenvalue weighted by Crippen LogP contribution is -2.23. The van der Waals surface area contributed by atoms with Gasteiger partial charge in [-0.3, -0.25) is 4.79 Å². The third-order valence-electron chi connectivity index (χ3n) is 2.25. The first-order valence-corrected chi connectivity index (χ1v) is 5.10. The number of aryl methyl sites for hydroxylation is 1. The van der Waals surface area contributed by atoms with Gasteiger partial charge in [-0.15, -0.1) is 0 Å². The van der Waals surface area contributed by atoms with E-state index in [1.165, 1.54) is 6.92 Å². The van der Waals surface area contributed by atoms with Crippen molar-refractivity contribution in [3.8, 4) is 6.19 Å². The molecule has 0 unspecified atom stereocenters. The number of para-hydroxylation sites is 1. The van der Waals surface area contributed by atoms with Gasteiger partial charge in [-0.05, 0) is 24.5 Å². The molecule has 1 aromatic rings. The maximum Gasteiger partial charge on any atom is 0.237 e. The lowest BCUT2D eigenvalue weighted by atomic mass is 10.1. The third kappa shape index (κ3) is 2.81. The molecule has 1 aromatic carbocycles. The molecule has 1 rings (SSSR count). The largest absolute Gasteiger partial charge is 0.396 e. The van der Waals surface area contributed by atoms with E-state index in [0.29, 0.717) is 18.5 Å². The Morgan fingerprint density at radius 3 is 2.75 bits per heavy atom. The summed E-state index contributed by atoms with van der Waals surface area (Å²) in [5.74, 6) is -0.307. The molecule has 0 spiro atoms. The average molecular weight is 218 g/mol. The number of carbonyl (C=O) groups excluding carboxylic acids is 1. The lowest BCUT2D eigenvalue weighted by Gasteiger charge is -2.15. The van der Waals surface area contributed by atoms with Gasteiger partial charge in [0.1, 0.15) is 0 Å². The number of nitrogens with zero attached hydrogens (tertiary/aromatic N) is 2. The van der Waals surface area contributed by atoms with E-state index in [4.69, 9.17) is 10.4 Å². The first-order valence-electron chi connectivity index (χ1n) is 5.10. The molecule has 0 bridgehead atoms. The fourth-order valence-corrected chi connectivity index (χ4v) is 1.50. The Morgan fingerprint density at radius 1 is 1.50 bits per heavy atom. The van der Waals surface area contributed by atoms with Crippen molar-refractivity contribution in [2.24, 2.45) is 0 Å². The highest BCUT2D eigenvalue weighted by Crippen LogP contribution is 2.21. The molecule has 1 N–H and O–H groups in total. The molecule has 84 valence electrons. The molecule has 0 aliphatic rings. The SMILES string of the molecule is CC(=O)N(C#N)c1ccccc1CCCO. The number of amides is 1. The van der Waals surface area contributed by atoms with Crippen molar-refractivity contribution in [2.75, 3.05) is 11.5 Å². The normalized spacial score (nSPS) is 9.56. The number of aliphatic hydroxyl groups is 1. The number of nitriles is 1. The van der Waals surface area contributed by atoms with Gasteiger partial charge >= 0.3 is 0 Å². The molecule has 4 heteroatoms. The maximum absolute atomic E-state index is 11.3. The standard InChI is InChI=1S/C12H14N2O2/c1-10(16)14(9-13)12-7-3-2-5-11(12)6-4-8-15/h2-3,5,7,15H,4,6,8H2,1H3. The Hall–Kier alpha value is -1.86. The van der Waals surface area contributed by atoms with Crippen LogP contribution >= 0.6 is 0 Å². The second-order valence-corrected chi connectivity index (χ2v) is 3.41. The third-order valence-corrected chi connectivity index (χ3v) is 2.25. The molecule has 0 aromatic heterocycles. The van der Waals surface area contributed by atoms with Crippen LogP contribution in [0.2, 0.25) is 0 Å². The number of anilines is 1. The average Bonchev–Trinajstić information content (AvgIpc) is 2.28. The van der Waals surface area contributed by atoms with E-state index in [0.717, 1.165) is 10.5 Å². The van der Waals surface area contributed by atoms with Crippen LogP contribution in [0.25, 0.3) is 0 Å². The summed E-state index contributed by atoms with van der Waals surface area (Å²) in [7, 11) is 0. The Labute approximate surface area is 94.7 Å². The minimum atomic E-state index is -0.307. The monoisotopic (exact) mass is 218 g/mol. The number of benzene rings is 1. The smallest absolute Gasteiger partial charge is 0.237 e. The molecular weight excluding hydrogens is 204 g/mol. The number of aliphatic hydroxyl groups excluding tert-OH is 1. The summed E-state index contributed by atoms with van der Waals surface area (Å²) in [6.07, 6.45) is 3.13. The van der Waals surface area contributed by atoms with Crippen LogP contribution in [0.5, 0.6) is 0 Å². The Kier molecular flexibility index (Phi) is 4.49. The van der Waals surface area contributed by atoms with E-state index in [1.54, 1.807) is 12.1 Å². The van der Waals surface area contributed by atoms with E-state index in [2.05, 4.69) is 0 Å². The number of hydrogen-bond acceptors (Lipinski definition) is 3. The van der Waals surface area contributed by atoms with Gasteiger partial charge < -0.3 is 5.11 Å². The van der Waals surface area contributed by atoms with E-state index < -0.39 is 0 Å². The highest BCUT2D eigenvalue weighted by Gasteiger charge is 2.13.